The molecule has 0 radical (unpaired) electrons. The van der Waals surface area contributed by atoms with Crippen molar-refractivity contribution in [3.8, 4) is 11.3 Å². The third-order valence-corrected chi connectivity index (χ3v) is 3.91. The number of imidazole rings is 1. The van der Waals surface area contributed by atoms with Gasteiger partial charge in [0.25, 0.3) is 0 Å². The molecule has 0 spiro atoms. The Hall–Kier alpha value is -1.72. The minimum Gasteiger partial charge on any atom is -0.377 e. The van der Waals surface area contributed by atoms with Crippen molar-refractivity contribution < 1.29 is 4.74 Å². The van der Waals surface area contributed by atoms with Crippen LogP contribution in [-0.4, -0.2) is 21.7 Å². The highest BCUT2D eigenvalue weighted by atomic mass is 32.1. The fourth-order valence-corrected chi connectivity index (χ4v) is 2.82. The second-order valence-electron chi connectivity index (χ2n) is 4.33. The Bertz CT molecular complexity index is 653. The second-order valence-corrected chi connectivity index (χ2v) is 5.37. The molecular formula is C14H15N3OS. The molecule has 0 saturated carbocycles. The zero-order valence-corrected chi connectivity index (χ0v) is 11.8. The van der Waals surface area contributed by atoms with Crippen molar-refractivity contribution in [1.82, 2.24) is 14.6 Å². The smallest absolute Gasteiger partial charge is 0.212 e. The van der Waals surface area contributed by atoms with E-state index in [2.05, 4.69) is 41.3 Å². The number of ether oxygens (including phenoxy) is 1. The average Bonchev–Trinajstić information content (AvgIpc) is 2.97. The van der Waals surface area contributed by atoms with Gasteiger partial charge in [-0.3, -0.25) is 0 Å². The lowest BCUT2D eigenvalue weighted by Gasteiger charge is -1.98. The number of fused-ring (bicyclic) bond motifs is 1. The maximum atomic E-state index is 5.07. The molecule has 98 valence electrons. The molecule has 3 aromatic rings. The van der Waals surface area contributed by atoms with Crippen LogP contribution >= 0.6 is 11.3 Å². The van der Waals surface area contributed by atoms with Gasteiger partial charge in [-0.2, -0.15) is 5.10 Å². The van der Waals surface area contributed by atoms with Gasteiger partial charge in [0.05, 0.1) is 18.5 Å². The Kier molecular flexibility index (Phi) is 3.31. The summed E-state index contributed by atoms with van der Waals surface area (Å²) >= 11 is 1.56. The highest BCUT2D eigenvalue weighted by Crippen LogP contribution is 2.22. The number of aryl methyl sites for hydroxylation is 1. The van der Waals surface area contributed by atoms with Crippen molar-refractivity contribution in [2.75, 3.05) is 7.11 Å². The standard InChI is InChI=1S/C14H15N3OS/c1-3-10-4-6-11(7-5-10)12-8-17-14(15-12)19-13(16-17)9-18-2/h4-8H,3,9H2,1-2H3. The van der Waals surface area contributed by atoms with Gasteiger partial charge in [0, 0.05) is 12.7 Å². The van der Waals surface area contributed by atoms with Gasteiger partial charge in [-0.05, 0) is 12.0 Å². The normalized spacial score (nSPS) is 11.3. The second kappa shape index (κ2) is 5.11. The monoisotopic (exact) mass is 273 g/mol. The summed E-state index contributed by atoms with van der Waals surface area (Å²) in [5.74, 6) is 0. The molecular weight excluding hydrogens is 258 g/mol. The van der Waals surface area contributed by atoms with Crippen molar-refractivity contribution in [3.63, 3.8) is 0 Å². The zero-order valence-electron chi connectivity index (χ0n) is 11.0. The van der Waals surface area contributed by atoms with E-state index in [4.69, 9.17) is 4.74 Å². The fraction of sp³-hybridized carbons (Fsp3) is 0.286. The maximum Gasteiger partial charge on any atom is 0.212 e. The highest BCUT2D eigenvalue weighted by molar-refractivity contribution is 7.16. The predicted octanol–water partition coefficient (Wildman–Crippen LogP) is 3.17. The van der Waals surface area contributed by atoms with Crippen LogP contribution in [0.3, 0.4) is 0 Å². The van der Waals surface area contributed by atoms with Gasteiger partial charge in [-0.25, -0.2) is 9.50 Å². The first kappa shape index (κ1) is 12.3. The fourth-order valence-electron chi connectivity index (χ4n) is 1.97. The SMILES string of the molecule is CCc1ccc(-c2cn3nc(COC)sc3n2)cc1. The van der Waals surface area contributed by atoms with Crippen LogP contribution in [0, 0.1) is 0 Å². The van der Waals surface area contributed by atoms with Crippen molar-refractivity contribution in [2.24, 2.45) is 0 Å². The summed E-state index contributed by atoms with van der Waals surface area (Å²) < 4.78 is 6.90. The Morgan fingerprint density at radius 1 is 1.26 bits per heavy atom. The molecule has 0 fully saturated rings. The van der Waals surface area contributed by atoms with Gasteiger partial charge >= 0.3 is 0 Å². The lowest BCUT2D eigenvalue weighted by molar-refractivity contribution is 0.183. The summed E-state index contributed by atoms with van der Waals surface area (Å²) in [6.07, 6.45) is 3.02. The van der Waals surface area contributed by atoms with E-state index >= 15 is 0 Å². The van der Waals surface area contributed by atoms with Gasteiger partial charge in [0.2, 0.25) is 4.96 Å². The molecule has 5 heteroatoms. The molecule has 19 heavy (non-hydrogen) atoms. The van der Waals surface area contributed by atoms with Gasteiger partial charge in [0.15, 0.2) is 0 Å². The van der Waals surface area contributed by atoms with Gasteiger partial charge in [-0.15, -0.1) is 0 Å². The molecule has 0 aliphatic rings. The summed E-state index contributed by atoms with van der Waals surface area (Å²) in [5, 5.41) is 5.37. The molecule has 2 heterocycles. The topological polar surface area (TPSA) is 39.4 Å². The zero-order chi connectivity index (χ0) is 13.2. The van der Waals surface area contributed by atoms with E-state index in [1.54, 1.807) is 18.4 Å². The van der Waals surface area contributed by atoms with E-state index in [0.29, 0.717) is 6.61 Å². The van der Waals surface area contributed by atoms with Gasteiger partial charge in [-0.1, -0.05) is 42.5 Å². The van der Waals surface area contributed by atoms with Crippen LogP contribution in [0.2, 0.25) is 0 Å². The molecule has 2 aromatic heterocycles. The summed E-state index contributed by atoms with van der Waals surface area (Å²) in [5.41, 5.74) is 3.43. The number of nitrogens with zero attached hydrogens (tertiary/aromatic N) is 3. The van der Waals surface area contributed by atoms with E-state index in [1.165, 1.54) is 5.56 Å². The van der Waals surface area contributed by atoms with Crippen LogP contribution in [0.1, 0.15) is 17.5 Å². The van der Waals surface area contributed by atoms with Crippen LogP contribution < -0.4 is 0 Å². The van der Waals surface area contributed by atoms with Crippen LogP contribution in [0.5, 0.6) is 0 Å². The Balaban J connectivity index is 1.93. The molecule has 3 rings (SSSR count). The third kappa shape index (κ3) is 2.39. The highest BCUT2D eigenvalue weighted by Gasteiger charge is 2.09. The summed E-state index contributed by atoms with van der Waals surface area (Å²) in [6.45, 7) is 2.69. The van der Waals surface area contributed by atoms with E-state index in [9.17, 15) is 0 Å². The quantitative estimate of drug-likeness (QED) is 0.733. The van der Waals surface area contributed by atoms with Crippen LogP contribution in [0.15, 0.2) is 30.5 Å². The Morgan fingerprint density at radius 3 is 2.68 bits per heavy atom. The summed E-state index contributed by atoms with van der Waals surface area (Å²) in [7, 11) is 1.67. The van der Waals surface area contributed by atoms with Gasteiger partial charge in [0.1, 0.15) is 5.01 Å². The molecule has 0 saturated heterocycles. The van der Waals surface area contributed by atoms with Crippen molar-refractivity contribution in [1.29, 1.82) is 0 Å². The molecule has 0 bridgehead atoms. The third-order valence-electron chi connectivity index (χ3n) is 3.01. The first-order valence-corrected chi connectivity index (χ1v) is 7.05. The first-order chi connectivity index (χ1) is 9.30. The average molecular weight is 273 g/mol. The van der Waals surface area contributed by atoms with E-state index in [-0.39, 0.29) is 0 Å². The largest absolute Gasteiger partial charge is 0.377 e. The molecule has 0 N–H and O–H groups in total. The van der Waals surface area contributed by atoms with E-state index < -0.39 is 0 Å². The van der Waals surface area contributed by atoms with E-state index in [1.807, 2.05) is 10.7 Å². The molecule has 1 aromatic carbocycles. The first-order valence-electron chi connectivity index (χ1n) is 6.23. The summed E-state index contributed by atoms with van der Waals surface area (Å²) in [4.78, 5) is 5.51. The maximum absolute atomic E-state index is 5.07. The molecule has 0 aliphatic heterocycles. The predicted molar refractivity (Wildman–Crippen MR) is 76.4 cm³/mol. The number of rotatable bonds is 4. The minimum atomic E-state index is 0.536. The molecule has 0 amide bonds. The number of methoxy groups -OCH3 is 1. The molecule has 0 aliphatic carbocycles. The van der Waals surface area contributed by atoms with Gasteiger partial charge < -0.3 is 4.74 Å². The van der Waals surface area contributed by atoms with Crippen LogP contribution in [0.25, 0.3) is 16.2 Å². The lowest BCUT2D eigenvalue weighted by Crippen LogP contribution is -1.88. The van der Waals surface area contributed by atoms with Crippen molar-refractivity contribution in [3.05, 3.63) is 41.0 Å². The number of hydrogen-bond donors (Lipinski definition) is 0. The minimum absolute atomic E-state index is 0.536. The Labute approximate surface area is 115 Å². The lowest BCUT2D eigenvalue weighted by atomic mass is 10.1. The summed E-state index contributed by atoms with van der Waals surface area (Å²) in [6, 6.07) is 8.52. The molecule has 0 unspecified atom stereocenters. The molecule has 0 atom stereocenters. The number of hydrogen-bond acceptors (Lipinski definition) is 4. The molecule has 4 nitrogen and oxygen atoms in total. The number of benzene rings is 1. The van der Waals surface area contributed by atoms with E-state index in [0.717, 1.165) is 27.6 Å². The van der Waals surface area contributed by atoms with Crippen LogP contribution in [-0.2, 0) is 17.8 Å². The Morgan fingerprint density at radius 2 is 2.05 bits per heavy atom. The number of aromatic nitrogens is 3. The van der Waals surface area contributed by atoms with Crippen molar-refractivity contribution >= 4 is 16.3 Å². The van der Waals surface area contributed by atoms with Crippen molar-refractivity contribution in [2.45, 2.75) is 20.0 Å². The van der Waals surface area contributed by atoms with Crippen LogP contribution in [0.4, 0.5) is 0 Å².